The first-order valence-corrected chi connectivity index (χ1v) is 32.3. The molecule has 0 N–H and O–H groups in total. The molecule has 446 valence electrons. The molecule has 1 unspecified atom stereocenters. The van der Waals surface area contributed by atoms with Crippen molar-refractivity contribution in [2.24, 2.45) is 0 Å². The molecular formula is C73H118O6. The molecule has 0 saturated heterocycles. The van der Waals surface area contributed by atoms with Gasteiger partial charge in [-0.05, 0) is 141 Å². The van der Waals surface area contributed by atoms with E-state index in [1.165, 1.54) is 89.9 Å². The van der Waals surface area contributed by atoms with Gasteiger partial charge in [0.1, 0.15) is 13.2 Å². The third kappa shape index (κ3) is 64.0. The summed E-state index contributed by atoms with van der Waals surface area (Å²) < 4.78 is 16.9. The van der Waals surface area contributed by atoms with Crippen LogP contribution in [0.15, 0.2) is 146 Å². The highest BCUT2D eigenvalue weighted by Crippen LogP contribution is 2.15. The predicted octanol–water partition coefficient (Wildman–Crippen LogP) is 22.3. The number of carbonyl (C=O) groups excluding carboxylic acids is 3. The van der Waals surface area contributed by atoms with Crippen molar-refractivity contribution in [3.63, 3.8) is 0 Å². The molecule has 0 aliphatic rings. The van der Waals surface area contributed by atoms with Crippen LogP contribution in [-0.4, -0.2) is 37.2 Å². The van der Waals surface area contributed by atoms with Gasteiger partial charge in [0.15, 0.2) is 6.10 Å². The summed E-state index contributed by atoms with van der Waals surface area (Å²) in [6.07, 6.45) is 94.1. The molecule has 0 aromatic carbocycles. The SMILES string of the molecule is CC/C=C\C/C=C\C/C=C\C/C=C\C/C=C\CCCCCCCCCCCC(=O)OCC(COC(=O)CCCCCCCCC/C=C\C/C=C\CCCCC)OC(=O)CCCCC/C=C\C/C=C\C/C=C\C/C=C\C/C=C\CC. The average molecular weight is 1090 g/mol. The van der Waals surface area contributed by atoms with E-state index in [4.69, 9.17) is 14.2 Å². The molecule has 0 saturated carbocycles. The van der Waals surface area contributed by atoms with Crippen LogP contribution < -0.4 is 0 Å². The molecule has 0 rings (SSSR count). The second-order valence-electron chi connectivity index (χ2n) is 20.9. The van der Waals surface area contributed by atoms with Gasteiger partial charge in [-0.15, -0.1) is 0 Å². The van der Waals surface area contributed by atoms with Crippen LogP contribution in [0.2, 0.25) is 0 Å². The molecule has 0 fully saturated rings. The lowest BCUT2D eigenvalue weighted by atomic mass is 10.1. The van der Waals surface area contributed by atoms with Crippen molar-refractivity contribution in [2.75, 3.05) is 13.2 Å². The maximum atomic E-state index is 12.9. The standard InChI is InChI=1S/C73H118O6/c1-4-7-10-13-16-19-22-25-28-31-33-34-35-36-37-38-40-42-45-48-51-54-57-60-63-66-72(75)78-69-70(68-77-71(74)65-62-59-56-53-50-47-44-41-30-27-24-21-18-15-12-9-6-3)79-73(76)67-64-61-58-55-52-49-46-43-39-32-29-26-23-20-17-14-11-8-5-2/h7-8,10-11,16-21,25-30,33-34,36-37,39,43,49,52,70H,4-6,9,12-15,22-24,31-32,35,38,40-42,44-48,50-51,53-69H2,1-3H3/b10-7-,11-8-,19-16-,20-17-,21-18-,28-25-,29-26-,30-27-,34-33-,37-36-,43-39-,52-49-. The quantitative estimate of drug-likeness (QED) is 0.0261. The van der Waals surface area contributed by atoms with Crippen molar-refractivity contribution < 1.29 is 28.6 Å². The average Bonchev–Trinajstić information content (AvgIpc) is 3.45. The number of ether oxygens (including phenoxy) is 3. The van der Waals surface area contributed by atoms with Crippen LogP contribution in [0, 0.1) is 0 Å². The topological polar surface area (TPSA) is 78.9 Å². The van der Waals surface area contributed by atoms with Crippen molar-refractivity contribution in [2.45, 2.75) is 284 Å². The van der Waals surface area contributed by atoms with Crippen LogP contribution in [0.5, 0.6) is 0 Å². The molecule has 6 nitrogen and oxygen atoms in total. The number of carbonyl (C=O) groups is 3. The third-order valence-electron chi connectivity index (χ3n) is 13.3. The van der Waals surface area contributed by atoms with Gasteiger partial charge in [-0.2, -0.15) is 0 Å². The lowest BCUT2D eigenvalue weighted by Gasteiger charge is -2.18. The van der Waals surface area contributed by atoms with Crippen molar-refractivity contribution in [3.05, 3.63) is 146 Å². The van der Waals surface area contributed by atoms with Crippen LogP contribution in [0.25, 0.3) is 0 Å². The predicted molar refractivity (Wildman–Crippen MR) is 343 cm³/mol. The summed E-state index contributed by atoms with van der Waals surface area (Å²) in [5.41, 5.74) is 0. The van der Waals surface area contributed by atoms with E-state index in [1.807, 2.05) is 0 Å². The number of rotatable bonds is 57. The minimum Gasteiger partial charge on any atom is -0.462 e. The highest BCUT2D eigenvalue weighted by molar-refractivity contribution is 5.71. The number of esters is 3. The van der Waals surface area contributed by atoms with Gasteiger partial charge in [0.2, 0.25) is 0 Å². The van der Waals surface area contributed by atoms with E-state index < -0.39 is 6.10 Å². The van der Waals surface area contributed by atoms with E-state index in [-0.39, 0.29) is 37.5 Å². The summed E-state index contributed by atoms with van der Waals surface area (Å²) in [6.45, 7) is 6.36. The normalized spacial score (nSPS) is 13.1. The van der Waals surface area contributed by atoms with Crippen molar-refractivity contribution in [3.8, 4) is 0 Å². The van der Waals surface area contributed by atoms with E-state index in [2.05, 4.69) is 167 Å². The number of hydrogen-bond acceptors (Lipinski definition) is 6. The molecule has 1 atom stereocenters. The number of unbranched alkanes of at least 4 members (excludes halogenated alkanes) is 22. The zero-order chi connectivity index (χ0) is 57.1. The van der Waals surface area contributed by atoms with Crippen molar-refractivity contribution >= 4 is 17.9 Å². The summed E-state index contributed by atoms with van der Waals surface area (Å²) >= 11 is 0. The summed E-state index contributed by atoms with van der Waals surface area (Å²) in [6, 6.07) is 0. The highest BCUT2D eigenvalue weighted by atomic mass is 16.6. The van der Waals surface area contributed by atoms with Gasteiger partial charge in [-0.1, -0.05) is 263 Å². The van der Waals surface area contributed by atoms with Crippen molar-refractivity contribution in [1.82, 2.24) is 0 Å². The van der Waals surface area contributed by atoms with Crippen LogP contribution in [0.3, 0.4) is 0 Å². The van der Waals surface area contributed by atoms with Crippen LogP contribution >= 0.6 is 0 Å². The summed E-state index contributed by atoms with van der Waals surface area (Å²) in [5, 5.41) is 0. The van der Waals surface area contributed by atoms with Gasteiger partial charge in [0.05, 0.1) is 0 Å². The Kier molecular flexibility index (Phi) is 61.9. The molecule has 0 aromatic heterocycles. The summed E-state index contributed by atoms with van der Waals surface area (Å²) in [4.78, 5) is 38.4. The first-order chi connectivity index (χ1) is 39.0. The second-order valence-corrected chi connectivity index (χ2v) is 20.9. The molecule has 0 radical (unpaired) electrons. The Bertz CT molecular complexity index is 1730. The van der Waals surface area contributed by atoms with Crippen molar-refractivity contribution in [1.29, 1.82) is 0 Å². The first kappa shape index (κ1) is 74.3. The van der Waals surface area contributed by atoms with Crippen LogP contribution in [0.1, 0.15) is 278 Å². The van der Waals surface area contributed by atoms with Gasteiger partial charge in [-0.25, -0.2) is 0 Å². The number of hydrogen-bond donors (Lipinski definition) is 0. The minimum atomic E-state index is -0.810. The lowest BCUT2D eigenvalue weighted by molar-refractivity contribution is -0.167. The second kappa shape index (κ2) is 65.8. The fourth-order valence-electron chi connectivity index (χ4n) is 8.53. The van der Waals surface area contributed by atoms with Gasteiger partial charge < -0.3 is 14.2 Å². The van der Waals surface area contributed by atoms with E-state index >= 15 is 0 Å². The molecule has 0 spiro atoms. The monoisotopic (exact) mass is 1090 g/mol. The Balaban J connectivity index is 4.46. The molecular weight excluding hydrogens is 973 g/mol. The minimum absolute atomic E-state index is 0.102. The molecule has 0 amide bonds. The molecule has 0 aliphatic heterocycles. The van der Waals surface area contributed by atoms with Crippen LogP contribution in [-0.2, 0) is 28.6 Å². The Labute approximate surface area is 487 Å². The van der Waals surface area contributed by atoms with E-state index in [0.717, 1.165) is 148 Å². The van der Waals surface area contributed by atoms with Gasteiger partial charge in [-0.3, -0.25) is 14.4 Å². The molecule has 0 aliphatic carbocycles. The van der Waals surface area contributed by atoms with Crippen LogP contribution in [0.4, 0.5) is 0 Å². The largest absolute Gasteiger partial charge is 0.462 e. The Hall–Kier alpha value is -4.71. The molecule has 0 aromatic rings. The van der Waals surface area contributed by atoms with E-state index in [9.17, 15) is 14.4 Å². The Morgan fingerprint density at radius 2 is 0.494 bits per heavy atom. The lowest BCUT2D eigenvalue weighted by Crippen LogP contribution is -2.30. The first-order valence-electron chi connectivity index (χ1n) is 32.3. The summed E-state index contributed by atoms with van der Waals surface area (Å²) in [5.74, 6) is -0.947. The fourth-order valence-corrected chi connectivity index (χ4v) is 8.53. The zero-order valence-corrected chi connectivity index (χ0v) is 51.1. The van der Waals surface area contributed by atoms with E-state index in [1.54, 1.807) is 0 Å². The molecule has 0 bridgehead atoms. The van der Waals surface area contributed by atoms with Gasteiger partial charge in [0.25, 0.3) is 0 Å². The zero-order valence-electron chi connectivity index (χ0n) is 51.1. The maximum Gasteiger partial charge on any atom is 0.306 e. The smallest absolute Gasteiger partial charge is 0.306 e. The van der Waals surface area contributed by atoms with Gasteiger partial charge in [0, 0.05) is 19.3 Å². The molecule has 0 heterocycles. The third-order valence-corrected chi connectivity index (χ3v) is 13.3. The fraction of sp³-hybridized carbons (Fsp3) is 0.630. The van der Waals surface area contributed by atoms with E-state index in [0.29, 0.717) is 12.8 Å². The molecule has 79 heavy (non-hydrogen) atoms. The Morgan fingerprint density at radius 3 is 0.785 bits per heavy atom. The Morgan fingerprint density at radius 1 is 0.266 bits per heavy atom. The number of allylic oxidation sites excluding steroid dienone is 24. The molecule has 6 heteroatoms. The van der Waals surface area contributed by atoms with Gasteiger partial charge >= 0.3 is 17.9 Å². The maximum absolute atomic E-state index is 12.9. The summed E-state index contributed by atoms with van der Waals surface area (Å²) in [7, 11) is 0. The highest BCUT2D eigenvalue weighted by Gasteiger charge is 2.19.